The lowest BCUT2D eigenvalue weighted by Crippen LogP contribution is -2.51. The molecule has 21 heavy (non-hydrogen) atoms. The first-order valence-corrected chi connectivity index (χ1v) is 7.16. The number of amides is 2. The molecule has 0 bridgehead atoms. The maximum absolute atomic E-state index is 12.3. The Morgan fingerprint density at radius 3 is 2.67 bits per heavy atom. The van der Waals surface area contributed by atoms with Gasteiger partial charge in [-0.2, -0.15) is 0 Å². The van der Waals surface area contributed by atoms with Gasteiger partial charge < -0.3 is 20.1 Å². The van der Waals surface area contributed by atoms with Crippen LogP contribution in [0.4, 0.5) is 0 Å². The summed E-state index contributed by atoms with van der Waals surface area (Å²) >= 11 is 0. The van der Waals surface area contributed by atoms with Crippen molar-refractivity contribution in [3.8, 4) is 0 Å². The summed E-state index contributed by atoms with van der Waals surface area (Å²) in [6.07, 6.45) is 0.182. The third-order valence-electron chi connectivity index (χ3n) is 4.41. The Labute approximate surface area is 123 Å². The summed E-state index contributed by atoms with van der Waals surface area (Å²) in [6.45, 7) is 6.03. The number of aliphatic carboxylic acids is 1. The minimum Gasteiger partial charge on any atom is -0.481 e. The van der Waals surface area contributed by atoms with Crippen LogP contribution in [0.2, 0.25) is 0 Å². The molecule has 0 aliphatic carbocycles. The molecular weight excluding hydrogens is 276 g/mol. The number of carboxylic acids is 1. The van der Waals surface area contributed by atoms with Crippen molar-refractivity contribution < 1.29 is 24.2 Å². The largest absolute Gasteiger partial charge is 0.481 e. The first kappa shape index (κ1) is 15.8. The molecule has 0 aromatic carbocycles. The SMILES string of the molecule is CC(C)N1CC(C(=O)NC2COCC2(C)C(=O)O)CC1=O. The summed E-state index contributed by atoms with van der Waals surface area (Å²) in [5.74, 6) is -1.71. The second-order valence-corrected chi connectivity index (χ2v) is 6.34. The van der Waals surface area contributed by atoms with Gasteiger partial charge in [-0.05, 0) is 20.8 Å². The van der Waals surface area contributed by atoms with Crippen molar-refractivity contribution in [3.05, 3.63) is 0 Å². The van der Waals surface area contributed by atoms with E-state index in [-0.39, 0.29) is 37.5 Å². The molecule has 2 saturated heterocycles. The van der Waals surface area contributed by atoms with Gasteiger partial charge in [-0.15, -0.1) is 0 Å². The van der Waals surface area contributed by atoms with E-state index in [1.54, 1.807) is 11.8 Å². The number of likely N-dealkylation sites (tertiary alicyclic amines) is 1. The van der Waals surface area contributed by atoms with E-state index in [4.69, 9.17) is 4.74 Å². The number of rotatable bonds is 4. The predicted molar refractivity (Wildman–Crippen MR) is 73.4 cm³/mol. The lowest BCUT2D eigenvalue weighted by Gasteiger charge is -2.26. The van der Waals surface area contributed by atoms with Crippen LogP contribution < -0.4 is 5.32 Å². The third-order valence-corrected chi connectivity index (χ3v) is 4.41. The summed E-state index contributed by atoms with van der Waals surface area (Å²) in [5, 5.41) is 12.0. The molecule has 0 saturated carbocycles. The smallest absolute Gasteiger partial charge is 0.313 e. The third kappa shape index (κ3) is 2.88. The van der Waals surface area contributed by atoms with Crippen LogP contribution in [0, 0.1) is 11.3 Å². The lowest BCUT2D eigenvalue weighted by molar-refractivity contribution is -0.149. The van der Waals surface area contributed by atoms with E-state index in [0.29, 0.717) is 6.54 Å². The quantitative estimate of drug-likeness (QED) is 0.752. The van der Waals surface area contributed by atoms with Crippen molar-refractivity contribution in [2.45, 2.75) is 39.3 Å². The molecule has 3 unspecified atom stereocenters. The zero-order chi connectivity index (χ0) is 15.8. The topological polar surface area (TPSA) is 95.9 Å². The molecule has 2 fully saturated rings. The fourth-order valence-corrected chi connectivity index (χ4v) is 2.78. The molecule has 0 spiro atoms. The van der Waals surface area contributed by atoms with E-state index in [1.807, 2.05) is 13.8 Å². The number of nitrogens with one attached hydrogen (secondary N) is 1. The number of hydrogen-bond acceptors (Lipinski definition) is 4. The number of hydrogen-bond donors (Lipinski definition) is 2. The predicted octanol–water partition coefficient (Wildman–Crippen LogP) is -0.151. The van der Waals surface area contributed by atoms with Crippen molar-refractivity contribution in [1.29, 1.82) is 0 Å². The average molecular weight is 298 g/mol. The molecule has 3 atom stereocenters. The van der Waals surface area contributed by atoms with Crippen LogP contribution in [0.25, 0.3) is 0 Å². The van der Waals surface area contributed by atoms with Crippen LogP contribution in [0.15, 0.2) is 0 Å². The van der Waals surface area contributed by atoms with Gasteiger partial charge in [-0.3, -0.25) is 14.4 Å². The molecule has 2 heterocycles. The summed E-state index contributed by atoms with van der Waals surface area (Å²) in [5.41, 5.74) is -1.12. The first-order chi connectivity index (χ1) is 9.75. The van der Waals surface area contributed by atoms with Crippen LogP contribution in [-0.4, -0.2) is 59.6 Å². The standard InChI is InChI=1S/C14H22N2O5/c1-8(2)16-5-9(4-11(16)17)12(18)15-10-6-21-7-14(10,3)13(19)20/h8-10H,4-7H2,1-3H3,(H,15,18)(H,19,20). The van der Waals surface area contributed by atoms with Gasteiger partial charge in [-0.25, -0.2) is 0 Å². The van der Waals surface area contributed by atoms with Gasteiger partial charge in [0.25, 0.3) is 0 Å². The minimum absolute atomic E-state index is 0.0335. The molecular formula is C14H22N2O5. The van der Waals surface area contributed by atoms with Gasteiger partial charge >= 0.3 is 5.97 Å². The minimum atomic E-state index is -1.12. The zero-order valence-corrected chi connectivity index (χ0v) is 12.6. The van der Waals surface area contributed by atoms with E-state index in [0.717, 1.165) is 0 Å². The molecule has 2 amide bonds. The van der Waals surface area contributed by atoms with E-state index in [2.05, 4.69) is 5.32 Å². The lowest BCUT2D eigenvalue weighted by atomic mass is 9.85. The fraction of sp³-hybridized carbons (Fsp3) is 0.786. The molecule has 7 nitrogen and oxygen atoms in total. The maximum Gasteiger partial charge on any atom is 0.313 e. The van der Waals surface area contributed by atoms with Crippen molar-refractivity contribution in [2.75, 3.05) is 19.8 Å². The first-order valence-electron chi connectivity index (χ1n) is 7.16. The Morgan fingerprint density at radius 1 is 1.48 bits per heavy atom. The van der Waals surface area contributed by atoms with Crippen molar-refractivity contribution in [3.63, 3.8) is 0 Å². The highest BCUT2D eigenvalue weighted by atomic mass is 16.5. The summed E-state index contributed by atoms with van der Waals surface area (Å²) in [4.78, 5) is 37.1. The van der Waals surface area contributed by atoms with E-state index in [1.165, 1.54) is 0 Å². The summed E-state index contributed by atoms with van der Waals surface area (Å²) in [7, 11) is 0. The monoisotopic (exact) mass is 298 g/mol. The normalized spacial score (nSPS) is 32.8. The van der Waals surface area contributed by atoms with Crippen molar-refractivity contribution in [1.82, 2.24) is 10.2 Å². The van der Waals surface area contributed by atoms with E-state index < -0.39 is 23.3 Å². The van der Waals surface area contributed by atoms with Crippen LogP contribution >= 0.6 is 0 Å². The molecule has 2 aliphatic heterocycles. The van der Waals surface area contributed by atoms with Gasteiger partial charge in [0.1, 0.15) is 5.41 Å². The Kier molecular flexibility index (Phi) is 4.22. The molecule has 2 aliphatic rings. The van der Waals surface area contributed by atoms with Gasteiger partial charge in [0.05, 0.1) is 25.2 Å². The van der Waals surface area contributed by atoms with E-state index in [9.17, 15) is 19.5 Å². The highest BCUT2D eigenvalue weighted by molar-refractivity contribution is 5.90. The molecule has 0 radical (unpaired) electrons. The Bertz CT molecular complexity index is 464. The van der Waals surface area contributed by atoms with Crippen LogP contribution in [0.1, 0.15) is 27.2 Å². The van der Waals surface area contributed by atoms with Crippen molar-refractivity contribution >= 4 is 17.8 Å². The Balaban J connectivity index is 2.00. The number of nitrogens with zero attached hydrogens (tertiary/aromatic N) is 1. The van der Waals surface area contributed by atoms with Gasteiger partial charge in [-0.1, -0.05) is 0 Å². The Morgan fingerprint density at radius 2 is 2.14 bits per heavy atom. The summed E-state index contributed by atoms with van der Waals surface area (Å²) < 4.78 is 5.21. The number of ether oxygens (including phenoxy) is 1. The number of carbonyl (C=O) groups is 3. The van der Waals surface area contributed by atoms with E-state index >= 15 is 0 Å². The highest BCUT2D eigenvalue weighted by Crippen LogP contribution is 2.29. The van der Waals surface area contributed by atoms with Gasteiger partial charge in [0, 0.05) is 19.0 Å². The second kappa shape index (κ2) is 5.63. The van der Waals surface area contributed by atoms with Gasteiger partial charge in [0.2, 0.25) is 11.8 Å². The van der Waals surface area contributed by atoms with Crippen LogP contribution in [0.5, 0.6) is 0 Å². The molecule has 2 N–H and O–H groups in total. The van der Waals surface area contributed by atoms with Crippen LogP contribution in [0.3, 0.4) is 0 Å². The van der Waals surface area contributed by atoms with Crippen LogP contribution in [-0.2, 0) is 19.1 Å². The second-order valence-electron chi connectivity index (χ2n) is 6.34. The average Bonchev–Trinajstić information content (AvgIpc) is 2.95. The number of carboxylic acid groups (broad SMARTS) is 1. The molecule has 2 rings (SSSR count). The molecule has 7 heteroatoms. The highest BCUT2D eigenvalue weighted by Gasteiger charge is 2.48. The molecule has 0 aromatic heterocycles. The summed E-state index contributed by atoms with van der Waals surface area (Å²) in [6, 6.07) is -0.500. The maximum atomic E-state index is 12.3. The number of carbonyl (C=O) groups excluding carboxylic acids is 2. The van der Waals surface area contributed by atoms with Gasteiger partial charge in [0.15, 0.2) is 0 Å². The molecule has 0 aromatic rings. The van der Waals surface area contributed by atoms with Crippen molar-refractivity contribution in [2.24, 2.45) is 11.3 Å². The zero-order valence-electron chi connectivity index (χ0n) is 12.6. The Hall–Kier alpha value is -1.63. The fourth-order valence-electron chi connectivity index (χ4n) is 2.78. The molecule has 118 valence electrons.